The maximum Gasteiger partial charge on any atom is 0.255 e. The summed E-state index contributed by atoms with van der Waals surface area (Å²) in [6.07, 6.45) is 2.09. The van der Waals surface area contributed by atoms with Crippen LogP contribution in [0.4, 0.5) is 0 Å². The van der Waals surface area contributed by atoms with Crippen molar-refractivity contribution < 1.29 is 4.79 Å². The van der Waals surface area contributed by atoms with Crippen molar-refractivity contribution in [2.45, 2.75) is 6.54 Å². The van der Waals surface area contributed by atoms with Crippen LogP contribution >= 0.6 is 11.6 Å². The number of hydrogen-bond donors (Lipinski definition) is 1. The minimum Gasteiger partial charge on any atom is -0.361 e. The lowest BCUT2D eigenvalue weighted by Gasteiger charge is -2.34. The van der Waals surface area contributed by atoms with Gasteiger partial charge in [-0.05, 0) is 23.8 Å². The van der Waals surface area contributed by atoms with E-state index in [1.165, 1.54) is 16.5 Å². The van der Waals surface area contributed by atoms with Gasteiger partial charge in [0.1, 0.15) is 0 Å². The van der Waals surface area contributed by atoms with Crippen molar-refractivity contribution in [3.63, 3.8) is 0 Å². The molecule has 2 heterocycles. The predicted octanol–water partition coefficient (Wildman–Crippen LogP) is 3.78. The van der Waals surface area contributed by atoms with Crippen LogP contribution in [0.15, 0.2) is 54.7 Å². The second-order valence-corrected chi connectivity index (χ2v) is 6.81. The number of carbonyl (C=O) groups excluding carboxylic acids is 1. The number of para-hydroxylation sites is 1. The second-order valence-electron chi connectivity index (χ2n) is 6.41. The van der Waals surface area contributed by atoms with Crippen LogP contribution in [0, 0.1) is 0 Å². The zero-order valence-electron chi connectivity index (χ0n) is 13.9. The van der Waals surface area contributed by atoms with Crippen molar-refractivity contribution >= 4 is 28.4 Å². The molecule has 25 heavy (non-hydrogen) atoms. The Morgan fingerprint density at radius 1 is 1.00 bits per heavy atom. The minimum atomic E-state index is 0.0253. The number of carbonyl (C=O) groups is 1. The fraction of sp³-hybridized carbons (Fsp3) is 0.250. The van der Waals surface area contributed by atoms with E-state index in [1.54, 1.807) is 12.1 Å². The molecular weight excluding hydrogens is 334 g/mol. The van der Waals surface area contributed by atoms with Gasteiger partial charge >= 0.3 is 0 Å². The van der Waals surface area contributed by atoms with E-state index < -0.39 is 0 Å². The highest BCUT2D eigenvalue weighted by Crippen LogP contribution is 2.21. The first-order valence-corrected chi connectivity index (χ1v) is 8.91. The number of H-pyrrole nitrogens is 1. The molecule has 0 spiro atoms. The third kappa shape index (κ3) is 3.28. The number of halogens is 1. The van der Waals surface area contributed by atoms with Gasteiger partial charge < -0.3 is 9.88 Å². The molecule has 1 aromatic heterocycles. The molecule has 4 rings (SSSR count). The monoisotopic (exact) mass is 353 g/mol. The molecule has 0 aliphatic carbocycles. The van der Waals surface area contributed by atoms with E-state index in [4.69, 9.17) is 11.6 Å². The number of hydrogen-bond acceptors (Lipinski definition) is 2. The maximum absolute atomic E-state index is 12.6. The van der Waals surface area contributed by atoms with E-state index in [2.05, 4.69) is 34.3 Å². The Morgan fingerprint density at radius 3 is 2.52 bits per heavy atom. The summed E-state index contributed by atoms with van der Waals surface area (Å²) in [5.41, 5.74) is 3.07. The standard InChI is InChI=1S/C20H20ClN3O/c21-18-7-3-1-6-17(18)20(25)24-11-9-23(10-12-24)14-15-13-22-19-8-4-2-5-16(15)19/h1-8,13,22H,9-12,14H2. The molecule has 0 unspecified atom stereocenters. The third-order valence-electron chi connectivity index (χ3n) is 4.83. The molecule has 0 atom stereocenters. The molecule has 1 amide bonds. The first-order valence-electron chi connectivity index (χ1n) is 8.53. The van der Waals surface area contributed by atoms with Gasteiger partial charge in [0.2, 0.25) is 0 Å². The Hall–Kier alpha value is -2.30. The summed E-state index contributed by atoms with van der Waals surface area (Å²) < 4.78 is 0. The number of aromatic nitrogens is 1. The van der Waals surface area contributed by atoms with E-state index >= 15 is 0 Å². The molecule has 1 saturated heterocycles. The topological polar surface area (TPSA) is 39.3 Å². The van der Waals surface area contributed by atoms with Crippen LogP contribution in [-0.2, 0) is 6.54 Å². The zero-order valence-corrected chi connectivity index (χ0v) is 14.7. The number of rotatable bonds is 3. The van der Waals surface area contributed by atoms with Gasteiger partial charge in [0.15, 0.2) is 0 Å². The number of fused-ring (bicyclic) bond motifs is 1. The molecule has 1 aliphatic heterocycles. The van der Waals surface area contributed by atoms with Crippen molar-refractivity contribution in [3.05, 3.63) is 70.9 Å². The molecular formula is C20H20ClN3O. The van der Waals surface area contributed by atoms with Gasteiger partial charge in [-0.25, -0.2) is 0 Å². The number of benzene rings is 2. The Kier molecular flexibility index (Phi) is 4.47. The van der Waals surface area contributed by atoms with Crippen LogP contribution in [0.2, 0.25) is 5.02 Å². The zero-order chi connectivity index (χ0) is 17.2. The predicted molar refractivity (Wildman–Crippen MR) is 101 cm³/mol. The van der Waals surface area contributed by atoms with Gasteiger partial charge in [-0.1, -0.05) is 41.9 Å². The summed E-state index contributed by atoms with van der Waals surface area (Å²) >= 11 is 6.16. The van der Waals surface area contributed by atoms with E-state index in [0.717, 1.165) is 32.7 Å². The van der Waals surface area contributed by atoms with Gasteiger partial charge in [-0.3, -0.25) is 9.69 Å². The lowest BCUT2D eigenvalue weighted by molar-refractivity contribution is 0.0629. The van der Waals surface area contributed by atoms with Crippen LogP contribution in [-0.4, -0.2) is 46.9 Å². The maximum atomic E-state index is 12.6. The summed E-state index contributed by atoms with van der Waals surface area (Å²) in [5.74, 6) is 0.0253. The Morgan fingerprint density at radius 2 is 1.72 bits per heavy atom. The van der Waals surface area contributed by atoms with Crippen molar-refractivity contribution in [1.82, 2.24) is 14.8 Å². The molecule has 1 N–H and O–H groups in total. The summed E-state index contributed by atoms with van der Waals surface area (Å²) in [7, 11) is 0. The molecule has 5 heteroatoms. The molecule has 4 nitrogen and oxygen atoms in total. The molecule has 0 saturated carbocycles. The first-order chi connectivity index (χ1) is 12.2. The highest BCUT2D eigenvalue weighted by Gasteiger charge is 2.23. The van der Waals surface area contributed by atoms with Crippen molar-refractivity contribution in [2.24, 2.45) is 0 Å². The molecule has 0 radical (unpaired) electrons. The van der Waals surface area contributed by atoms with Gasteiger partial charge in [0.25, 0.3) is 5.91 Å². The van der Waals surface area contributed by atoms with Crippen LogP contribution in [0.25, 0.3) is 10.9 Å². The highest BCUT2D eigenvalue weighted by atomic mass is 35.5. The fourth-order valence-corrected chi connectivity index (χ4v) is 3.63. The highest BCUT2D eigenvalue weighted by molar-refractivity contribution is 6.33. The SMILES string of the molecule is O=C(c1ccccc1Cl)N1CCN(Cc2c[nH]c3ccccc23)CC1. The summed E-state index contributed by atoms with van der Waals surface area (Å²) in [5, 5.41) is 1.80. The fourth-order valence-electron chi connectivity index (χ4n) is 3.42. The molecule has 1 aliphatic rings. The lowest BCUT2D eigenvalue weighted by atomic mass is 10.1. The van der Waals surface area contributed by atoms with Gasteiger partial charge in [0.05, 0.1) is 10.6 Å². The van der Waals surface area contributed by atoms with Crippen molar-refractivity contribution in [3.8, 4) is 0 Å². The third-order valence-corrected chi connectivity index (χ3v) is 5.16. The van der Waals surface area contributed by atoms with E-state index in [0.29, 0.717) is 10.6 Å². The van der Waals surface area contributed by atoms with Crippen LogP contribution in [0.1, 0.15) is 15.9 Å². The summed E-state index contributed by atoms with van der Waals surface area (Å²) in [6.45, 7) is 4.10. The second kappa shape index (κ2) is 6.90. The lowest BCUT2D eigenvalue weighted by Crippen LogP contribution is -2.48. The van der Waals surface area contributed by atoms with Crippen molar-refractivity contribution in [2.75, 3.05) is 26.2 Å². The Bertz CT molecular complexity index is 897. The van der Waals surface area contributed by atoms with E-state index in [9.17, 15) is 4.79 Å². The van der Waals surface area contributed by atoms with E-state index in [-0.39, 0.29) is 5.91 Å². The summed E-state index contributed by atoms with van der Waals surface area (Å²) in [6, 6.07) is 15.6. The van der Waals surface area contributed by atoms with Gasteiger partial charge in [-0.2, -0.15) is 0 Å². The van der Waals surface area contributed by atoms with Gasteiger partial charge in [0, 0.05) is 49.8 Å². The first kappa shape index (κ1) is 16.2. The molecule has 1 fully saturated rings. The quantitative estimate of drug-likeness (QED) is 0.778. The normalized spacial score (nSPS) is 15.6. The Labute approximate surface area is 152 Å². The van der Waals surface area contributed by atoms with Gasteiger partial charge in [-0.15, -0.1) is 0 Å². The van der Waals surface area contributed by atoms with E-state index in [1.807, 2.05) is 23.1 Å². The largest absolute Gasteiger partial charge is 0.361 e. The number of piperazine rings is 1. The average molecular weight is 354 g/mol. The average Bonchev–Trinajstić information content (AvgIpc) is 3.05. The molecule has 3 aromatic rings. The smallest absolute Gasteiger partial charge is 0.255 e. The Balaban J connectivity index is 1.40. The number of amides is 1. The number of nitrogens with one attached hydrogen (secondary N) is 1. The molecule has 128 valence electrons. The van der Waals surface area contributed by atoms with Crippen LogP contribution in [0.3, 0.4) is 0 Å². The molecule has 2 aromatic carbocycles. The minimum absolute atomic E-state index is 0.0253. The summed E-state index contributed by atoms with van der Waals surface area (Å²) in [4.78, 5) is 20.3. The number of nitrogens with zero attached hydrogens (tertiary/aromatic N) is 2. The number of aromatic amines is 1. The van der Waals surface area contributed by atoms with Crippen LogP contribution in [0.5, 0.6) is 0 Å². The van der Waals surface area contributed by atoms with Crippen LogP contribution < -0.4 is 0 Å². The van der Waals surface area contributed by atoms with Crippen molar-refractivity contribution in [1.29, 1.82) is 0 Å². The molecule has 0 bridgehead atoms.